The quantitative estimate of drug-likeness (QED) is 0.882. The van der Waals surface area contributed by atoms with Crippen LogP contribution in [0.5, 0.6) is 0 Å². The Morgan fingerprint density at radius 3 is 2.82 bits per heavy atom. The zero-order valence-corrected chi connectivity index (χ0v) is 14.0. The third-order valence-corrected chi connectivity index (χ3v) is 3.85. The minimum atomic E-state index is -0.0686. The molecule has 22 heavy (non-hydrogen) atoms. The number of carbonyl (C=O) groups excluding carboxylic acids is 1. The fraction of sp³-hybridized carbons (Fsp3) is 0.375. The highest BCUT2D eigenvalue weighted by atomic mass is 35.5. The van der Waals surface area contributed by atoms with E-state index in [1.165, 1.54) is 0 Å². The molecule has 2 unspecified atom stereocenters. The zero-order chi connectivity index (χ0) is 13.9. The number of fused-ring (bicyclic) bond motifs is 1. The SMILES string of the molecule is CC1CC(NC(=O)c2nccc3ccccc23)CCN1.Cl.Cl. The van der Waals surface area contributed by atoms with Crippen LogP contribution in [0.25, 0.3) is 10.8 Å². The molecule has 3 rings (SSSR count). The minimum absolute atomic E-state index is 0. The van der Waals surface area contributed by atoms with Crippen molar-refractivity contribution in [1.82, 2.24) is 15.6 Å². The van der Waals surface area contributed by atoms with Gasteiger partial charge in [-0.1, -0.05) is 24.3 Å². The molecule has 2 N–H and O–H groups in total. The first kappa shape index (κ1) is 18.7. The van der Waals surface area contributed by atoms with Gasteiger partial charge in [-0.25, -0.2) is 0 Å². The molecule has 1 aliphatic heterocycles. The monoisotopic (exact) mass is 341 g/mol. The van der Waals surface area contributed by atoms with E-state index >= 15 is 0 Å². The van der Waals surface area contributed by atoms with E-state index in [4.69, 9.17) is 0 Å². The summed E-state index contributed by atoms with van der Waals surface area (Å²) in [5.74, 6) is -0.0686. The first-order chi connectivity index (χ1) is 9.74. The smallest absolute Gasteiger partial charge is 0.270 e. The maximum Gasteiger partial charge on any atom is 0.270 e. The maximum absolute atomic E-state index is 12.4. The Hall–Kier alpha value is -1.36. The van der Waals surface area contributed by atoms with Crippen LogP contribution in [0.3, 0.4) is 0 Å². The summed E-state index contributed by atoms with van der Waals surface area (Å²) in [4.78, 5) is 16.7. The lowest BCUT2D eigenvalue weighted by molar-refractivity contribution is 0.0922. The summed E-state index contributed by atoms with van der Waals surface area (Å²) in [5, 5.41) is 8.46. The van der Waals surface area contributed by atoms with Crippen molar-refractivity contribution >= 4 is 41.5 Å². The van der Waals surface area contributed by atoms with Crippen molar-refractivity contribution in [1.29, 1.82) is 0 Å². The van der Waals surface area contributed by atoms with Gasteiger partial charge in [0.15, 0.2) is 0 Å². The Labute approximate surface area is 142 Å². The van der Waals surface area contributed by atoms with Crippen molar-refractivity contribution in [3.05, 3.63) is 42.2 Å². The number of piperidine rings is 1. The van der Waals surface area contributed by atoms with Gasteiger partial charge in [0.2, 0.25) is 0 Å². The van der Waals surface area contributed by atoms with Crippen LogP contribution in [0.15, 0.2) is 36.5 Å². The van der Waals surface area contributed by atoms with Gasteiger partial charge in [0.25, 0.3) is 5.91 Å². The van der Waals surface area contributed by atoms with Crippen LogP contribution >= 0.6 is 24.8 Å². The molecule has 2 heterocycles. The van der Waals surface area contributed by atoms with E-state index in [-0.39, 0.29) is 36.8 Å². The number of pyridine rings is 1. The summed E-state index contributed by atoms with van der Waals surface area (Å²) in [6, 6.07) is 10.5. The van der Waals surface area contributed by atoms with Crippen molar-refractivity contribution in [2.45, 2.75) is 31.8 Å². The normalized spacial score (nSPS) is 20.6. The predicted molar refractivity (Wildman–Crippen MR) is 94.2 cm³/mol. The van der Waals surface area contributed by atoms with Crippen LogP contribution in [0.4, 0.5) is 0 Å². The molecule has 2 aromatic rings. The van der Waals surface area contributed by atoms with E-state index in [0.717, 1.165) is 30.2 Å². The van der Waals surface area contributed by atoms with E-state index < -0.39 is 0 Å². The summed E-state index contributed by atoms with van der Waals surface area (Å²) in [5.41, 5.74) is 0.522. The second kappa shape index (κ2) is 8.32. The number of hydrogen-bond donors (Lipinski definition) is 2. The molecule has 1 saturated heterocycles. The van der Waals surface area contributed by atoms with E-state index in [2.05, 4.69) is 22.5 Å². The number of hydrogen-bond acceptors (Lipinski definition) is 3. The molecule has 1 fully saturated rings. The highest BCUT2D eigenvalue weighted by molar-refractivity contribution is 6.05. The lowest BCUT2D eigenvalue weighted by atomic mass is 10.0. The van der Waals surface area contributed by atoms with E-state index in [1.807, 2.05) is 30.3 Å². The third kappa shape index (κ3) is 4.09. The van der Waals surface area contributed by atoms with Crippen LogP contribution < -0.4 is 10.6 Å². The number of nitrogens with zero attached hydrogens (tertiary/aromatic N) is 1. The second-order valence-corrected chi connectivity index (χ2v) is 5.43. The minimum Gasteiger partial charge on any atom is -0.348 e. The zero-order valence-electron chi connectivity index (χ0n) is 12.4. The third-order valence-electron chi connectivity index (χ3n) is 3.85. The fourth-order valence-corrected chi connectivity index (χ4v) is 2.82. The Morgan fingerprint density at radius 2 is 2.05 bits per heavy atom. The van der Waals surface area contributed by atoms with Crippen molar-refractivity contribution < 1.29 is 4.79 Å². The molecule has 1 aromatic heterocycles. The lowest BCUT2D eigenvalue weighted by Crippen LogP contribution is -2.46. The predicted octanol–water partition coefficient (Wildman–Crippen LogP) is 2.95. The first-order valence-corrected chi connectivity index (χ1v) is 7.12. The molecule has 1 aromatic carbocycles. The number of amides is 1. The van der Waals surface area contributed by atoms with Gasteiger partial charge < -0.3 is 10.6 Å². The molecule has 0 spiro atoms. The molecular formula is C16H21Cl2N3O. The molecule has 0 bridgehead atoms. The van der Waals surface area contributed by atoms with Crippen LogP contribution in [-0.4, -0.2) is 29.5 Å². The average Bonchev–Trinajstić information content (AvgIpc) is 2.46. The number of benzene rings is 1. The highest BCUT2D eigenvalue weighted by Gasteiger charge is 2.21. The summed E-state index contributed by atoms with van der Waals surface area (Å²) >= 11 is 0. The lowest BCUT2D eigenvalue weighted by Gasteiger charge is -2.28. The molecule has 1 amide bonds. The van der Waals surface area contributed by atoms with E-state index in [0.29, 0.717) is 11.7 Å². The highest BCUT2D eigenvalue weighted by Crippen LogP contribution is 2.17. The molecule has 2 atom stereocenters. The number of halogens is 2. The summed E-state index contributed by atoms with van der Waals surface area (Å²) < 4.78 is 0. The van der Waals surface area contributed by atoms with Gasteiger partial charge in [0.1, 0.15) is 5.69 Å². The van der Waals surface area contributed by atoms with E-state index in [1.54, 1.807) is 6.20 Å². The van der Waals surface area contributed by atoms with Gasteiger partial charge in [-0.3, -0.25) is 9.78 Å². The second-order valence-electron chi connectivity index (χ2n) is 5.43. The standard InChI is InChI=1S/C16H19N3O.2ClH/c1-11-10-13(7-9-17-11)19-16(20)15-14-5-3-2-4-12(14)6-8-18-15;;/h2-6,8,11,13,17H,7,9-10H2,1H3,(H,19,20);2*1H. The Morgan fingerprint density at radius 1 is 1.27 bits per heavy atom. The molecular weight excluding hydrogens is 321 g/mol. The fourth-order valence-electron chi connectivity index (χ4n) is 2.82. The number of rotatable bonds is 2. The maximum atomic E-state index is 12.4. The van der Waals surface area contributed by atoms with Crippen LogP contribution in [-0.2, 0) is 0 Å². The van der Waals surface area contributed by atoms with Crippen molar-refractivity contribution in [3.8, 4) is 0 Å². The van der Waals surface area contributed by atoms with Crippen molar-refractivity contribution in [2.24, 2.45) is 0 Å². The Bertz CT molecular complexity index is 630. The molecule has 120 valence electrons. The number of aromatic nitrogens is 1. The molecule has 4 nitrogen and oxygen atoms in total. The van der Waals surface area contributed by atoms with Crippen LogP contribution in [0.1, 0.15) is 30.3 Å². The average molecular weight is 342 g/mol. The van der Waals surface area contributed by atoms with Crippen LogP contribution in [0.2, 0.25) is 0 Å². The van der Waals surface area contributed by atoms with E-state index in [9.17, 15) is 4.79 Å². The molecule has 1 aliphatic rings. The Kier molecular flexibility index (Phi) is 7.07. The van der Waals surface area contributed by atoms with Crippen LogP contribution in [0, 0.1) is 0 Å². The van der Waals surface area contributed by atoms with Crippen molar-refractivity contribution in [2.75, 3.05) is 6.54 Å². The van der Waals surface area contributed by atoms with Crippen molar-refractivity contribution in [3.63, 3.8) is 0 Å². The molecule has 0 radical (unpaired) electrons. The van der Waals surface area contributed by atoms with Gasteiger partial charge in [-0.2, -0.15) is 0 Å². The number of nitrogens with one attached hydrogen (secondary N) is 2. The van der Waals surface area contributed by atoms with Gasteiger partial charge in [-0.15, -0.1) is 24.8 Å². The van der Waals surface area contributed by atoms with Gasteiger partial charge in [-0.05, 0) is 37.8 Å². The molecule has 0 saturated carbocycles. The molecule has 0 aliphatic carbocycles. The summed E-state index contributed by atoms with van der Waals surface area (Å²) in [6.07, 6.45) is 3.64. The number of carbonyl (C=O) groups is 1. The van der Waals surface area contributed by atoms with Gasteiger partial charge >= 0.3 is 0 Å². The molecule has 6 heteroatoms. The summed E-state index contributed by atoms with van der Waals surface area (Å²) in [6.45, 7) is 3.10. The van der Waals surface area contributed by atoms with Gasteiger partial charge in [0, 0.05) is 23.7 Å². The Balaban J connectivity index is 0.00000121. The topological polar surface area (TPSA) is 54.0 Å². The van der Waals surface area contributed by atoms with Gasteiger partial charge in [0.05, 0.1) is 0 Å². The first-order valence-electron chi connectivity index (χ1n) is 7.12. The summed E-state index contributed by atoms with van der Waals surface area (Å²) in [7, 11) is 0. The largest absolute Gasteiger partial charge is 0.348 e.